The largest absolute Gasteiger partial charge is 0.550 e. The molecule has 1 aromatic carbocycles. The number of benzene rings is 1. The third-order valence-electron chi connectivity index (χ3n) is 2.78. The molecule has 3 aromatic rings. The van der Waals surface area contributed by atoms with E-state index in [1.807, 2.05) is 24.3 Å². The molecule has 0 aliphatic rings. The second kappa shape index (κ2) is 4.56. The highest BCUT2D eigenvalue weighted by Crippen LogP contribution is 2.30. The SMILES string of the molecule is O=C([O-])CCNc1ncnc2c1oc1ccccc12. The van der Waals surface area contributed by atoms with Gasteiger partial charge in [-0.25, -0.2) is 9.97 Å². The van der Waals surface area contributed by atoms with Crippen LogP contribution in [0.25, 0.3) is 22.1 Å². The lowest BCUT2D eigenvalue weighted by molar-refractivity contribution is -0.305. The second-order valence-corrected chi connectivity index (χ2v) is 4.05. The van der Waals surface area contributed by atoms with Crippen LogP contribution in [-0.4, -0.2) is 22.5 Å². The van der Waals surface area contributed by atoms with E-state index in [-0.39, 0.29) is 13.0 Å². The number of carboxylic acid groups (broad SMARTS) is 1. The van der Waals surface area contributed by atoms with Gasteiger partial charge in [-0.15, -0.1) is 0 Å². The number of rotatable bonds is 4. The maximum atomic E-state index is 10.4. The number of carbonyl (C=O) groups excluding carboxylic acids is 1. The molecule has 3 rings (SSSR count). The van der Waals surface area contributed by atoms with Gasteiger partial charge in [-0.3, -0.25) is 0 Å². The van der Waals surface area contributed by atoms with Crippen molar-refractivity contribution in [3.63, 3.8) is 0 Å². The molecule has 2 heterocycles. The van der Waals surface area contributed by atoms with Crippen molar-refractivity contribution in [3.8, 4) is 0 Å². The van der Waals surface area contributed by atoms with Gasteiger partial charge in [0.25, 0.3) is 0 Å². The molecule has 96 valence electrons. The number of furan rings is 1. The quantitative estimate of drug-likeness (QED) is 0.746. The summed E-state index contributed by atoms with van der Waals surface area (Å²) in [5.41, 5.74) is 1.96. The van der Waals surface area contributed by atoms with E-state index >= 15 is 0 Å². The van der Waals surface area contributed by atoms with Crippen molar-refractivity contribution in [2.24, 2.45) is 0 Å². The third-order valence-corrected chi connectivity index (χ3v) is 2.78. The van der Waals surface area contributed by atoms with Gasteiger partial charge in [0, 0.05) is 24.3 Å². The molecular weight excluding hydrogens is 246 g/mol. The molecule has 0 atom stereocenters. The van der Waals surface area contributed by atoms with Crippen LogP contribution < -0.4 is 10.4 Å². The highest BCUT2D eigenvalue weighted by atomic mass is 16.4. The molecule has 0 saturated heterocycles. The van der Waals surface area contributed by atoms with Gasteiger partial charge in [-0.05, 0) is 12.1 Å². The van der Waals surface area contributed by atoms with Gasteiger partial charge in [0.2, 0.25) is 0 Å². The summed E-state index contributed by atoms with van der Waals surface area (Å²) in [6.07, 6.45) is 1.33. The van der Waals surface area contributed by atoms with Crippen LogP contribution in [0.3, 0.4) is 0 Å². The molecule has 0 radical (unpaired) electrons. The Morgan fingerprint density at radius 3 is 3.00 bits per heavy atom. The van der Waals surface area contributed by atoms with E-state index in [0.29, 0.717) is 16.9 Å². The number of nitrogens with one attached hydrogen (secondary N) is 1. The lowest BCUT2D eigenvalue weighted by Gasteiger charge is -2.05. The zero-order valence-electron chi connectivity index (χ0n) is 9.92. The Bertz CT molecular complexity index is 751. The molecular formula is C13H10N3O3-. The smallest absolute Gasteiger partial charge is 0.196 e. The Labute approximate surface area is 108 Å². The van der Waals surface area contributed by atoms with Crippen LogP contribution in [-0.2, 0) is 4.79 Å². The Kier molecular flexibility index (Phi) is 2.75. The topological polar surface area (TPSA) is 91.1 Å². The van der Waals surface area contributed by atoms with Gasteiger partial charge in [0.05, 0.1) is 0 Å². The molecule has 0 aliphatic carbocycles. The van der Waals surface area contributed by atoms with Crippen molar-refractivity contribution in [2.75, 3.05) is 11.9 Å². The van der Waals surface area contributed by atoms with Crippen LogP contribution in [0.4, 0.5) is 5.82 Å². The van der Waals surface area contributed by atoms with Crippen LogP contribution in [0.15, 0.2) is 35.0 Å². The van der Waals surface area contributed by atoms with E-state index in [1.165, 1.54) is 6.33 Å². The molecule has 0 amide bonds. The summed E-state index contributed by atoms with van der Waals surface area (Å²) in [7, 11) is 0. The van der Waals surface area contributed by atoms with E-state index in [0.717, 1.165) is 11.0 Å². The van der Waals surface area contributed by atoms with E-state index in [9.17, 15) is 9.90 Å². The fourth-order valence-electron chi connectivity index (χ4n) is 1.93. The molecule has 6 nitrogen and oxygen atoms in total. The summed E-state index contributed by atoms with van der Waals surface area (Å²) in [5.74, 6) is -0.621. The van der Waals surface area contributed by atoms with Crippen molar-refractivity contribution in [1.29, 1.82) is 0 Å². The number of carboxylic acids is 1. The summed E-state index contributed by atoms with van der Waals surface area (Å²) < 4.78 is 5.69. The predicted molar refractivity (Wildman–Crippen MR) is 67.4 cm³/mol. The monoisotopic (exact) mass is 256 g/mol. The zero-order chi connectivity index (χ0) is 13.2. The number of anilines is 1. The third kappa shape index (κ3) is 2.08. The Morgan fingerprint density at radius 1 is 1.32 bits per heavy atom. The average molecular weight is 256 g/mol. The van der Waals surface area contributed by atoms with Crippen molar-refractivity contribution in [1.82, 2.24) is 9.97 Å². The number of hydrogen-bond donors (Lipinski definition) is 1. The van der Waals surface area contributed by atoms with Crippen LogP contribution in [0.2, 0.25) is 0 Å². The molecule has 0 saturated carbocycles. The van der Waals surface area contributed by atoms with Gasteiger partial charge in [-0.1, -0.05) is 12.1 Å². The van der Waals surface area contributed by atoms with Crippen molar-refractivity contribution in [3.05, 3.63) is 30.6 Å². The predicted octanol–water partition coefficient (Wildman–Crippen LogP) is 0.928. The molecule has 0 unspecified atom stereocenters. The summed E-state index contributed by atoms with van der Waals surface area (Å²) in [6.45, 7) is 0.228. The Morgan fingerprint density at radius 2 is 2.16 bits per heavy atom. The number of fused-ring (bicyclic) bond motifs is 3. The van der Waals surface area contributed by atoms with Crippen molar-refractivity contribution >= 4 is 33.9 Å². The minimum Gasteiger partial charge on any atom is -0.550 e. The van der Waals surface area contributed by atoms with Crippen LogP contribution in [0.1, 0.15) is 6.42 Å². The minimum absolute atomic E-state index is 0.0915. The average Bonchev–Trinajstić information content (AvgIpc) is 2.78. The molecule has 1 N–H and O–H groups in total. The zero-order valence-corrected chi connectivity index (χ0v) is 9.92. The van der Waals surface area contributed by atoms with Gasteiger partial charge in [0.1, 0.15) is 17.4 Å². The lowest BCUT2D eigenvalue weighted by Crippen LogP contribution is -2.24. The normalized spacial score (nSPS) is 10.9. The molecule has 2 aromatic heterocycles. The molecule has 19 heavy (non-hydrogen) atoms. The van der Waals surface area contributed by atoms with Crippen LogP contribution in [0, 0.1) is 0 Å². The van der Waals surface area contributed by atoms with E-state index in [4.69, 9.17) is 4.42 Å². The summed E-state index contributed by atoms with van der Waals surface area (Å²) in [5, 5.41) is 14.2. The second-order valence-electron chi connectivity index (χ2n) is 4.05. The molecule has 6 heteroatoms. The van der Waals surface area contributed by atoms with Gasteiger partial charge in [0.15, 0.2) is 11.4 Å². The van der Waals surface area contributed by atoms with E-state index in [1.54, 1.807) is 0 Å². The van der Waals surface area contributed by atoms with Gasteiger partial charge in [-0.2, -0.15) is 0 Å². The van der Waals surface area contributed by atoms with Gasteiger partial charge >= 0.3 is 0 Å². The summed E-state index contributed by atoms with van der Waals surface area (Å²) >= 11 is 0. The van der Waals surface area contributed by atoms with Gasteiger partial charge < -0.3 is 19.6 Å². The first-order valence-electron chi connectivity index (χ1n) is 5.81. The van der Waals surface area contributed by atoms with Crippen LogP contribution >= 0.6 is 0 Å². The number of nitrogens with zero attached hydrogens (tertiary/aromatic N) is 2. The standard InChI is InChI=1S/C13H11N3O3/c17-10(18)5-6-14-13-12-11(15-7-16-13)8-3-1-2-4-9(8)19-12/h1-4,7H,5-6H2,(H,17,18)(H,14,15,16)/p-1. The van der Waals surface area contributed by atoms with Crippen molar-refractivity contribution in [2.45, 2.75) is 6.42 Å². The Hall–Kier alpha value is -2.63. The fraction of sp³-hybridized carbons (Fsp3) is 0.154. The van der Waals surface area contributed by atoms with Crippen molar-refractivity contribution < 1.29 is 14.3 Å². The maximum Gasteiger partial charge on any atom is 0.196 e. The highest BCUT2D eigenvalue weighted by molar-refractivity contribution is 6.05. The molecule has 0 aliphatic heterocycles. The van der Waals surface area contributed by atoms with E-state index in [2.05, 4.69) is 15.3 Å². The summed E-state index contributed by atoms with van der Waals surface area (Å²) in [4.78, 5) is 18.7. The van der Waals surface area contributed by atoms with Crippen LogP contribution in [0.5, 0.6) is 0 Å². The Balaban J connectivity index is 2.03. The minimum atomic E-state index is -1.11. The summed E-state index contributed by atoms with van der Waals surface area (Å²) in [6, 6.07) is 7.55. The number of para-hydroxylation sites is 1. The number of hydrogen-bond acceptors (Lipinski definition) is 6. The highest BCUT2D eigenvalue weighted by Gasteiger charge is 2.11. The number of aromatic nitrogens is 2. The number of carbonyl (C=O) groups is 1. The number of aliphatic carboxylic acids is 1. The first-order chi connectivity index (χ1) is 9.25. The lowest BCUT2D eigenvalue weighted by atomic mass is 10.2. The maximum absolute atomic E-state index is 10.4. The first-order valence-corrected chi connectivity index (χ1v) is 5.81. The fourth-order valence-corrected chi connectivity index (χ4v) is 1.93. The molecule has 0 spiro atoms. The molecule has 0 fully saturated rings. The molecule has 0 bridgehead atoms. The first kappa shape index (κ1) is 11.5. The van der Waals surface area contributed by atoms with E-state index < -0.39 is 5.97 Å².